The van der Waals surface area contributed by atoms with Gasteiger partial charge in [-0.2, -0.15) is 0 Å². The van der Waals surface area contributed by atoms with Crippen LogP contribution in [0.3, 0.4) is 0 Å². The number of hydrogen-bond donors (Lipinski definition) is 0. The molecule has 0 saturated carbocycles. The summed E-state index contributed by atoms with van der Waals surface area (Å²) in [6.07, 6.45) is 0.919. The highest BCUT2D eigenvalue weighted by Crippen LogP contribution is 2.25. The van der Waals surface area contributed by atoms with Gasteiger partial charge >= 0.3 is 0 Å². The largest absolute Gasteiger partial charge is 0.487 e. The summed E-state index contributed by atoms with van der Waals surface area (Å²) < 4.78 is 32.1. The average Bonchev–Trinajstić information content (AvgIpc) is 2.27. The Kier molecular flexibility index (Phi) is 5.19. The Labute approximate surface area is 103 Å². The first-order valence-electron chi connectivity index (χ1n) is 5.25. The fraction of sp³-hybridized carbons (Fsp3) is 0.500. The standard InChI is InChI=1S/C12H15BrF2O/c1-3-8(2)7-16-12-10(14)4-9(6-13)5-11(12)15/h4-5,8H,3,6-7H2,1-2H3. The van der Waals surface area contributed by atoms with Crippen LogP contribution in [0.15, 0.2) is 12.1 Å². The minimum atomic E-state index is -0.641. The van der Waals surface area contributed by atoms with Crippen molar-refractivity contribution in [1.82, 2.24) is 0 Å². The molecular weight excluding hydrogens is 278 g/mol. The van der Waals surface area contributed by atoms with Crippen LogP contribution < -0.4 is 4.74 Å². The molecule has 0 radical (unpaired) electrons. The van der Waals surface area contributed by atoms with E-state index in [9.17, 15) is 8.78 Å². The van der Waals surface area contributed by atoms with Crippen LogP contribution in [0, 0.1) is 17.6 Å². The molecule has 0 amide bonds. The van der Waals surface area contributed by atoms with Crippen LogP contribution >= 0.6 is 15.9 Å². The van der Waals surface area contributed by atoms with E-state index in [2.05, 4.69) is 15.9 Å². The molecule has 1 unspecified atom stereocenters. The third kappa shape index (κ3) is 3.44. The number of benzene rings is 1. The second kappa shape index (κ2) is 6.18. The lowest BCUT2D eigenvalue weighted by molar-refractivity contribution is 0.235. The van der Waals surface area contributed by atoms with Gasteiger partial charge in [0, 0.05) is 5.33 Å². The van der Waals surface area contributed by atoms with Gasteiger partial charge in [-0.15, -0.1) is 0 Å². The van der Waals surface area contributed by atoms with E-state index in [0.717, 1.165) is 6.42 Å². The normalized spacial score (nSPS) is 12.6. The van der Waals surface area contributed by atoms with Crippen molar-refractivity contribution in [3.63, 3.8) is 0 Å². The molecular formula is C12H15BrF2O. The quantitative estimate of drug-likeness (QED) is 0.736. The van der Waals surface area contributed by atoms with E-state index in [1.165, 1.54) is 12.1 Å². The van der Waals surface area contributed by atoms with E-state index in [4.69, 9.17) is 4.74 Å². The molecule has 0 bridgehead atoms. The number of halogens is 3. The Bertz CT molecular complexity index is 332. The predicted octanol–water partition coefficient (Wildman–Crippen LogP) is 4.28. The molecule has 16 heavy (non-hydrogen) atoms. The Hall–Kier alpha value is -0.640. The minimum Gasteiger partial charge on any atom is -0.487 e. The van der Waals surface area contributed by atoms with E-state index in [-0.39, 0.29) is 11.7 Å². The van der Waals surface area contributed by atoms with Crippen molar-refractivity contribution in [3.05, 3.63) is 29.3 Å². The van der Waals surface area contributed by atoms with Crippen LogP contribution in [-0.2, 0) is 5.33 Å². The zero-order valence-electron chi connectivity index (χ0n) is 9.40. The van der Waals surface area contributed by atoms with Gasteiger partial charge in [-0.05, 0) is 23.6 Å². The highest BCUT2D eigenvalue weighted by atomic mass is 79.9. The summed E-state index contributed by atoms with van der Waals surface area (Å²) in [5.74, 6) is -1.27. The summed E-state index contributed by atoms with van der Waals surface area (Å²) in [5, 5.41) is 0.423. The lowest BCUT2D eigenvalue weighted by Gasteiger charge is -2.12. The molecule has 0 aromatic heterocycles. The zero-order chi connectivity index (χ0) is 12.1. The fourth-order valence-corrected chi connectivity index (χ4v) is 1.49. The molecule has 90 valence electrons. The monoisotopic (exact) mass is 292 g/mol. The Balaban J connectivity index is 2.80. The first kappa shape index (κ1) is 13.4. The van der Waals surface area contributed by atoms with Crippen LogP contribution in [0.5, 0.6) is 5.75 Å². The highest BCUT2D eigenvalue weighted by molar-refractivity contribution is 9.08. The van der Waals surface area contributed by atoms with Gasteiger partial charge in [0.1, 0.15) is 0 Å². The third-order valence-electron chi connectivity index (χ3n) is 2.42. The molecule has 0 aliphatic rings. The molecule has 0 aliphatic carbocycles. The van der Waals surface area contributed by atoms with Gasteiger partial charge in [0.2, 0.25) is 0 Å². The molecule has 1 aromatic rings. The van der Waals surface area contributed by atoms with Crippen molar-refractivity contribution in [2.24, 2.45) is 5.92 Å². The zero-order valence-corrected chi connectivity index (χ0v) is 11.0. The molecule has 4 heteroatoms. The maximum absolute atomic E-state index is 13.5. The van der Waals surface area contributed by atoms with Gasteiger partial charge in [-0.3, -0.25) is 0 Å². The molecule has 1 nitrogen and oxygen atoms in total. The number of rotatable bonds is 5. The fourth-order valence-electron chi connectivity index (χ4n) is 1.17. The molecule has 0 N–H and O–H groups in total. The first-order valence-corrected chi connectivity index (χ1v) is 6.37. The van der Waals surface area contributed by atoms with Crippen molar-refractivity contribution >= 4 is 15.9 Å². The topological polar surface area (TPSA) is 9.23 Å². The minimum absolute atomic E-state index is 0.273. The second-order valence-corrected chi connectivity index (χ2v) is 4.41. The number of hydrogen-bond acceptors (Lipinski definition) is 1. The van der Waals surface area contributed by atoms with Crippen LogP contribution in [-0.4, -0.2) is 6.61 Å². The summed E-state index contributed by atoms with van der Waals surface area (Å²) in [7, 11) is 0. The number of alkyl halides is 1. The summed E-state index contributed by atoms with van der Waals surface area (Å²) >= 11 is 3.15. The summed E-state index contributed by atoms with van der Waals surface area (Å²) in [6, 6.07) is 2.56. The van der Waals surface area contributed by atoms with Crippen molar-refractivity contribution in [1.29, 1.82) is 0 Å². The van der Waals surface area contributed by atoms with E-state index < -0.39 is 11.6 Å². The van der Waals surface area contributed by atoms with E-state index >= 15 is 0 Å². The average molecular weight is 293 g/mol. The number of ether oxygens (including phenoxy) is 1. The van der Waals surface area contributed by atoms with E-state index in [1.807, 2.05) is 13.8 Å². The summed E-state index contributed by atoms with van der Waals surface area (Å²) in [5.41, 5.74) is 0.561. The van der Waals surface area contributed by atoms with Gasteiger partial charge in [0.15, 0.2) is 17.4 Å². The van der Waals surface area contributed by atoms with Crippen LogP contribution in [0.1, 0.15) is 25.8 Å². The van der Waals surface area contributed by atoms with Crippen molar-refractivity contribution in [2.75, 3.05) is 6.61 Å². The van der Waals surface area contributed by atoms with E-state index in [1.54, 1.807) is 0 Å². The van der Waals surface area contributed by atoms with Crippen molar-refractivity contribution < 1.29 is 13.5 Å². The lowest BCUT2D eigenvalue weighted by atomic mass is 10.1. The Morgan fingerprint density at radius 2 is 1.88 bits per heavy atom. The molecule has 0 spiro atoms. The lowest BCUT2D eigenvalue weighted by Crippen LogP contribution is -2.09. The summed E-state index contributed by atoms with van der Waals surface area (Å²) in [6.45, 7) is 4.31. The van der Waals surface area contributed by atoms with Gasteiger partial charge in [-0.25, -0.2) is 8.78 Å². The maximum Gasteiger partial charge on any atom is 0.190 e. The van der Waals surface area contributed by atoms with Crippen molar-refractivity contribution in [2.45, 2.75) is 25.6 Å². The molecule has 0 saturated heterocycles. The van der Waals surface area contributed by atoms with Gasteiger partial charge in [0.25, 0.3) is 0 Å². The molecule has 1 atom stereocenters. The predicted molar refractivity (Wildman–Crippen MR) is 63.9 cm³/mol. The summed E-state index contributed by atoms with van der Waals surface area (Å²) in [4.78, 5) is 0. The maximum atomic E-state index is 13.5. The molecule has 0 fully saturated rings. The van der Waals surface area contributed by atoms with Gasteiger partial charge < -0.3 is 4.74 Å². The molecule has 1 aromatic carbocycles. The van der Waals surface area contributed by atoms with Crippen LogP contribution in [0.25, 0.3) is 0 Å². The van der Waals surface area contributed by atoms with Gasteiger partial charge in [0.05, 0.1) is 6.61 Å². The van der Waals surface area contributed by atoms with Crippen molar-refractivity contribution in [3.8, 4) is 5.75 Å². The first-order chi connectivity index (χ1) is 7.58. The molecule has 0 aliphatic heterocycles. The smallest absolute Gasteiger partial charge is 0.190 e. The Morgan fingerprint density at radius 3 is 2.31 bits per heavy atom. The third-order valence-corrected chi connectivity index (χ3v) is 3.07. The SMILES string of the molecule is CCC(C)COc1c(F)cc(CBr)cc1F. The molecule has 0 heterocycles. The molecule has 1 rings (SSSR count). The highest BCUT2D eigenvalue weighted by Gasteiger charge is 2.13. The van der Waals surface area contributed by atoms with Crippen LogP contribution in [0.2, 0.25) is 0 Å². The van der Waals surface area contributed by atoms with Crippen LogP contribution in [0.4, 0.5) is 8.78 Å². The van der Waals surface area contributed by atoms with Gasteiger partial charge in [-0.1, -0.05) is 36.2 Å². The Morgan fingerprint density at radius 1 is 1.31 bits per heavy atom. The van der Waals surface area contributed by atoms with E-state index in [0.29, 0.717) is 17.5 Å². The second-order valence-electron chi connectivity index (χ2n) is 3.85.